The number of amides is 1. The lowest BCUT2D eigenvalue weighted by Crippen LogP contribution is -2.39. The fraction of sp³-hybridized carbons (Fsp3) is 0.750. The summed E-state index contributed by atoms with van der Waals surface area (Å²) in [6, 6.07) is -0.330. The number of carbonyl (C=O) groups excluding carboxylic acids is 1. The van der Waals surface area contributed by atoms with Crippen molar-refractivity contribution in [2.75, 3.05) is 0 Å². The van der Waals surface area contributed by atoms with Gasteiger partial charge >= 0.3 is 5.97 Å². The minimum Gasteiger partial charge on any atom is -0.481 e. The Morgan fingerprint density at radius 1 is 1.39 bits per heavy atom. The Morgan fingerprint density at radius 2 is 2.13 bits per heavy atom. The molecule has 2 saturated carbocycles. The molecule has 2 aliphatic carbocycles. The zero-order valence-electron chi connectivity index (χ0n) is 13.6. The molecule has 1 unspecified atom stereocenters. The molecular weight excluding hydrogens is 296 g/mol. The second kappa shape index (κ2) is 6.29. The van der Waals surface area contributed by atoms with E-state index in [2.05, 4.69) is 15.6 Å². The number of aliphatic carboxylic acids is 1. The van der Waals surface area contributed by atoms with Crippen LogP contribution in [0.1, 0.15) is 63.6 Å². The predicted octanol–water partition coefficient (Wildman–Crippen LogP) is 1.72. The van der Waals surface area contributed by atoms with Crippen LogP contribution in [-0.4, -0.2) is 38.0 Å². The Bertz CT molecular complexity index is 594. The van der Waals surface area contributed by atoms with Crippen molar-refractivity contribution in [1.29, 1.82) is 0 Å². The van der Waals surface area contributed by atoms with Gasteiger partial charge in [-0.15, -0.1) is 5.10 Å². The van der Waals surface area contributed by atoms with Crippen molar-refractivity contribution in [3.05, 3.63) is 11.9 Å². The highest BCUT2D eigenvalue weighted by molar-refractivity contribution is 5.77. The predicted molar refractivity (Wildman–Crippen MR) is 82.8 cm³/mol. The first-order valence-electron chi connectivity index (χ1n) is 8.38. The molecule has 0 aliphatic heterocycles. The molecule has 1 aromatic rings. The summed E-state index contributed by atoms with van der Waals surface area (Å²) in [5.74, 6) is -0.494. The highest BCUT2D eigenvalue weighted by Crippen LogP contribution is 2.40. The van der Waals surface area contributed by atoms with Gasteiger partial charge in [-0.05, 0) is 31.6 Å². The molecule has 0 aromatic carbocycles. The van der Waals surface area contributed by atoms with Gasteiger partial charge in [0.05, 0.1) is 23.7 Å². The quantitative estimate of drug-likeness (QED) is 0.832. The molecule has 3 rings (SSSR count). The molecule has 1 aromatic heterocycles. The first kappa shape index (κ1) is 16.0. The SMILES string of the molecule is CC(C)CC(=O)N[C@@H]1CC(C(=O)O)C[C@@H]1n1cc(C2CC2)nn1. The highest BCUT2D eigenvalue weighted by Gasteiger charge is 2.41. The van der Waals surface area contributed by atoms with Crippen molar-refractivity contribution in [2.45, 2.75) is 64.0 Å². The van der Waals surface area contributed by atoms with Crippen LogP contribution in [0.4, 0.5) is 0 Å². The summed E-state index contributed by atoms with van der Waals surface area (Å²) >= 11 is 0. The van der Waals surface area contributed by atoms with Crippen LogP contribution < -0.4 is 5.32 Å². The number of aromatic nitrogens is 3. The first-order valence-corrected chi connectivity index (χ1v) is 8.38. The number of nitrogens with zero attached hydrogens (tertiary/aromatic N) is 3. The molecule has 2 aliphatic rings. The Hall–Kier alpha value is -1.92. The van der Waals surface area contributed by atoms with Crippen LogP contribution in [0.25, 0.3) is 0 Å². The molecule has 7 heteroatoms. The van der Waals surface area contributed by atoms with E-state index in [-0.39, 0.29) is 23.9 Å². The van der Waals surface area contributed by atoms with E-state index in [1.165, 1.54) is 0 Å². The van der Waals surface area contributed by atoms with Gasteiger partial charge in [0.1, 0.15) is 0 Å². The summed E-state index contributed by atoms with van der Waals surface area (Å²) in [7, 11) is 0. The van der Waals surface area contributed by atoms with Crippen LogP contribution in [-0.2, 0) is 9.59 Å². The molecule has 0 radical (unpaired) electrons. The third kappa shape index (κ3) is 3.71. The smallest absolute Gasteiger partial charge is 0.306 e. The Kier molecular flexibility index (Phi) is 4.37. The molecule has 0 bridgehead atoms. The molecule has 1 amide bonds. The van der Waals surface area contributed by atoms with E-state index in [4.69, 9.17) is 0 Å². The number of carboxylic acids is 1. The van der Waals surface area contributed by atoms with E-state index in [1.807, 2.05) is 20.0 Å². The number of rotatable bonds is 6. The van der Waals surface area contributed by atoms with Gasteiger partial charge in [0, 0.05) is 18.5 Å². The van der Waals surface area contributed by atoms with E-state index in [0.29, 0.717) is 25.2 Å². The van der Waals surface area contributed by atoms with Gasteiger partial charge in [-0.2, -0.15) is 0 Å². The molecule has 2 N–H and O–H groups in total. The van der Waals surface area contributed by atoms with Crippen LogP contribution in [0.2, 0.25) is 0 Å². The van der Waals surface area contributed by atoms with Gasteiger partial charge in [0.2, 0.25) is 5.91 Å². The third-order valence-electron chi connectivity index (χ3n) is 4.68. The molecular formula is C16H24N4O3. The van der Waals surface area contributed by atoms with Crippen LogP contribution >= 0.6 is 0 Å². The van der Waals surface area contributed by atoms with Crippen LogP contribution in [0, 0.1) is 11.8 Å². The zero-order chi connectivity index (χ0) is 16.6. The van der Waals surface area contributed by atoms with Crippen molar-refractivity contribution in [3.63, 3.8) is 0 Å². The maximum Gasteiger partial charge on any atom is 0.306 e. The number of carbonyl (C=O) groups is 2. The van der Waals surface area contributed by atoms with Gasteiger partial charge in [0.15, 0.2) is 0 Å². The van der Waals surface area contributed by atoms with E-state index in [1.54, 1.807) is 4.68 Å². The molecule has 7 nitrogen and oxygen atoms in total. The van der Waals surface area contributed by atoms with Crippen LogP contribution in [0.3, 0.4) is 0 Å². The molecule has 2 fully saturated rings. The molecule has 126 valence electrons. The average molecular weight is 320 g/mol. The zero-order valence-corrected chi connectivity index (χ0v) is 13.6. The first-order chi connectivity index (χ1) is 10.9. The van der Waals surface area contributed by atoms with Crippen LogP contribution in [0.5, 0.6) is 0 Å². The number of nitrogens with one attached hydrogen (secondary N) is 1. The summed E-state index contributed by atoms with van der Waals surface area (Å²) in [6.45, 7) is 3.98. The molecule has 23 heavy (non-hydrogen) atoms. The maximum absolute atomic E-state index is 12.1. The van der Waals surface area contributed by atoms with Gasteiger partial charge in [-0.3, -0.25) is 9.59 Å². The van der Waals surface area contributed by atoms with Gasteiger partial charge < -0.3 is 10.4 Å². The second-order valence-corrected chi connectivity index (χ2v) is 7.24. The molecule has 0 saturated heterocycles. The van der Waals surface area contributed by atoms with Crippen molar-refractivity contribution in [1.82, 2.24) is 20.3 Å². The van der Waals surface area contributed by atoms with E-state index < -0.39 is 11.9 Å². The summed E-state index contributed by atoms with van der Waals surface area (Å²) in [5.41, 5.74) is 0.982. The number of hydrogen-bond donors (Lipinski definition) is 2. The van der Waals surface area contributed by atoms with Gasteiger partial charge in [0.25, 0.3) is 0 Å². The minimum absolute atomic E-state index is 0.0245. The van der Waals surface area contributed by atoms with E-state index >= 15 is 0 Å². The molecule has 1 heterocycles. The van der Waals surface area contributed by atoms with E-state index in [0.717, 1.165) is 18.5 Å². The normalized spacial score (nSPS) is 27.3. The summed E-state index contributed by atoms with van der Waals surface area (Å²) in [4.78, 5) is 23.4. The number of hydrogen-bond acceptors (Lipinski definition) is 4. The minimum atomic E-state index is -0.807. The van der Waals surface area contributed by atoms with Crippen molar-refractivity contribution in [2.24, 2.45) is 11.8 Å². The summed E-state index contributed by atoms with van der Waals surface area (Å²) in [5, 5.41) is 20.7. The number of carboxylic acid groups (broad SMARTS) is 1. The largest absolute Gasteiger partial charge is 0.481 e. The average Bonchev–Trinajstić information content (AvgIpc) is 3.04. The Morgan fingerprint density at radius 3 is 2.74 bits per heavy atom. The van der Waals surface area contributed by atoms with Crippen molar-refractivity contribution in [3.8, 4) is 0 Å². The fourth-order valence-electron chi connectivity index (χ4n) is 3.32. The van der Waals surface area contributed by atoms with E-state index in [9.17, 15) is 14.7 Å². The van der Waals surface area contributed by atoms with Crippen molar-refractivity contribution >= 4 is 11.9 Å². The Labute approximate surface area is 135 Å². The summed E-state index contributed by atoms with van der Waals surface area (Å²) in [6.07, 6.45) is 5.60. The lowest BCUT2D eigenvalue weighted by molar-refractivity contribution is -0.141. The molecule has 3 atom stereocenters. The second-order valence-electron chi connectivity index (χ2n) is 7.24. The molecule has 0 spiro atoms. The summed E-state index contributed by atoms with van der Waals surface area (Å²) < 4.78 is 1.76. The van der Waals surface area contributed by atoms with Crippen LogP contribution in [0.15, 0.2) is 6.20 Å². The standard InChI is InChI=1S/C16H24N4O3/c1-9(2)5-15(21)17-12-6-11(16(22)23)7-14(12)20-8-13(18-19-20)10-3-4-10/h8-12,14H,3-7H2,1-2H3,(H,17,21)(H,22,23)/t11?,12-,14+/m1/s1. The monoisotopic (exact) mass is 320 g/mol. The lowest BCUT2D eigenvalue weighted by atomic mass is 10.1. The highest BCUT2D eigenvalue weighted by atomic mass is 16.4. The van der Waals surface area contributed by atoms with Gasteiger partial charge in [-0.1, -0.05) is 19.1 Å². The Balaban J connectivity index is 1.73. The van der Waals surface area contributed by atoms with Crippen molar-refractivity contribution < 1.29 is 14.7 Å². The fourth-order valence-corrected chi connectivity index (χ4v) is 3.32. The topological polar surface area (TPSA) is 97.1 Å². The maximum atomic E-state index is 12.1. The third-order valence-corrected chi connectivity index (χ3v) is 4.68. The lowest BCUT2D eigenvalue weighted by Gasteiger charge is -2.21. The van der Waals surface area contributed by atoms with Gasteiger partial charge in [-0.25, -0.2) is 4.68 Å².